The van der Waals surface area contributed by atoms with E-state index in [1.807, 2.05) is 38.1 Å². The van der Waals surface area contributed by atoms with E-state index < -0.39 is 0 Å². The second-order valence-electron chi connectivity index (χ2n) is 5.45. The van der Waals surface area contributed by atoms with Gasteiger partial charge in [-0.3, -0.25) is 14.5 Å². The van der Waals surface area contributed by atoms with E-state index in [-0.39, 0.29) is 18.4 Å². The van der Waals surface area contributed by atoms with Gasteiger partial charge in [0.15, 0.2) is 0 Å². The highest BCUT2D eigenvalue weighted by atomic mass is 16.5. The van der Waals surface area contributed by atoms with Gasteiger partial charge >= 0.3 is 0 Å². The van der Waals surface area contributed by atoms with Gasteiger partial charge in [0.25, 0.3) is 11.8 Å². The van der Waals surface area contributed by atoms with Crippen LogP contribution in [-0.2, 0) is 0 Å². The number of carbonyl (C=O) groups excluding carboxylic acids is 2. The minimum absolute atomic E-state index is 0.198. The van der Waals surface area contributed by atoms with Gasteiger partial charge < -0.3 is 4.74 Å². The zero-order valence-corrected chi connectivity index (χ0v) is 13.1. The lowest BCUT2D eigenvalue weighted by Gasteiger charge is -2.13. The summed E-state index contributed by atoms with van der Waals surface area (Å²) in [6.45, 7) is 3.97. The number of aryl methyl sites for hydroxylation is 1. The van der Waals surface area contributed by atoms with Crippen LogP contribution in [-0.4, -0.2) is 23.3 Å². The van der Waals surface area contributed by atoms with E-state index in [1.54, 1.807) is 30.3 Å². The number of hydrogen-bond donors (Lipinski definition) is 0. The molecule has 2 aromatic rings. The summed E-state index contributed by atoms with van der Waals surface area (Å²) in [6, 6.07) is 14.6. The first-order valence-electron chi connectivity index (χ1n) is 7.43. The highest BCUT2D eigenvalue weighted by Gasteiger charge is 2.34. The summed E-state index contributed by atoms with van der Waals surface area (Å²) in [6.07, 6.45) is 1.74. The van der Waals surface area contributed by atoms with Crippen LogP contribution in [0.1, 0.15) is 33.2 Å². The van der Waals surface area contributed by atoms with Gasteiger partial charge in [-0.15, -0.1) is 0 Å². The minimum atomic E-state index is -0.259. The first-order chi connectivity index (χ1) is 11.1. The van der Waals surface area contributed by atoms with Gasteiger partial charge in [-0.1, -0.05) is 30.3 Å². The molecule has 0 unspecified atom stereocenters. The first kappa shape index (κ1) is 15.0. The largest absolute Gasteiger partial charge is 0.462 e. The smallest absolute Gasteiger partial charge is 0.261 e. The highest BCUT2D eigenvalue weighted by Crippen LogP contribution is 2.23. The lowest BCUT2D eigenvalue weighted by atomic mass is 10.1. The zero-order chi connectivity index (χ0) is 16.4. The summed E-state index contributed by atoms with van der Waals surface area (Å²) in [7, 11) is 0. The number of rotatable bonds is 4. The van der Waals surface area contributed by atoms with Gasteiger partial charge in [-0.05, 0) is 43.7 Å². The quantitative estimate of drug-likeness (QED) is 0.641. The Bertz CT molecular complexity index is 773. The maximum atomic E-state index is 12.3. The molecule has 0 spiro atoms. The van der Waals surface area contributed by atoms with Crippen LogP contribution in [0, 0.1) is 6.92 Å². The monoisotopic (exact) mass is 307 g/mol. The molecule has 23 heavy (non-hydrogen) atoms. The molecule has 4 heteroatoms. The summed E-state index contributed by atoms with van der Waals surface area (Å²) in [5, 5.41) is 0. The molecule has 116 valence electrons. The molecule has 0 saturated carbocycles. The molecule has 0 bridgehead atoms. The van der Waals surface area contributed by atoms with Crippen molar-refractivity contribution >= 4 is 11.8 Å². The van der Waals surface area contributed by atoms with E-state index in [0.717, 1.165) is 11.3 Å². The number of allylic oxidation sites excluding steroid dienone is 1. The molecule has 2 amide bonds. The average Bonchev–Trinajstić information content (AvgIpc) is 2.80. The molecule has 4 nitrogen and oxygen atoms in total. The maximum Gasteiger partial charge on any atom is 0.261 e. The predicted octanol–water partition coefficient (Wildman–Crippen LogP) is 3.57. The van der Waals surface area contributed by atoms with Crippen LogP contribution in [0.2, 0.25) is 0 Å². The number of amides is 2. The van der Waals surface area contributed by atoms with Crippen LogP contribution >= 0.6 is 0 Å². The molecular formula is C19H17NO3. The Morgan fingerprint density at radius 1 is 1.00 bits per heavy atom. The number of carbonyl (C=O) groups is 2. The number of fused-ring (bicyclic) bond motifs is 1. The molecule has 0 fully saturated rings. The Kier molecular flexibility index (Phi) is 3.98. The second-order valence-corrected chi connectivity index (χ2v) is 5.45. The van der Waals surface area contributed by atoms with Gasteiger partial charge in [0.2, 0.25) is 0 Å². The topological polar surface area (TPSA) is 46.6 Å². The number of nitrogens with zero attached hydrogens (tertiary/aromatic N) is 1. The maximum absolute atomic E-state index is 12.3. The van der Waals surface area contributed by atoms with Crippen molar-refractivity contribution in [2.45, 2.75) is 13.8 Å². The van der Waals surface area contributed by atoms with E-state index >= 15 is 0 Å². The number of para-hydroxylation sites is 1. The third kappa shape index (κ3) is 2.88. The molecule has 2 aromatic carbocycles. The lowest BCUT2D eigenvalue weighted by molar-refractivity contribution is 0.0671. The van der Waals surface area contributed by atoms with Crippen LogP contribution in [0.3, 0.4) is 0 Å². The molecule has 1 aliphatic heterocycles. The Labute approximate surface area is 135 Å². The summed E-state index contributed by atoms with van der Waals surface area (Å²) in [5.74, 6) is 0.899. The molecule has 1 heterocycles. The fourth-order valence-electron chi connectivity index (χ4n) is 2.51. The normalized spacial score (nSPS) is 14.2. The number of benzene rings is 2. The Balaban J connectivity index is 1.72. The Morgan fingerprint density at radius 2 is 1.57 bits per heavy atom. The van der Waals surface area contributed by atoms with E-state index in [9.17, 15) is 9.59 Å². The summed E-state index contributed by atoms with van der Waals surface area (Å²) in [5.41, 5.74) is 1.95. The third-order valence-electron chi connectivity index (χ3n) is 3.80. The van der Waals surface area contributed by atoms with Crippen molar-refractivity contribution in [3.63, 3.8) is 0 Å². The Hall–Kier alpha value is -2.88. The molecule has 1 aliphatic rings. The molecule has 0 aliphatic carbocycles. The van der Waals surface area contributed by atoms with Crippen LogP contribution < -0.4 is 4.74 Å². The van der Waals surface area contributed by atoms with Crippen molar-refractivity contribution < 1.29 is 14.3 Å². The van der Waals surface area contributed by atoms with Crippen molar-refractivity contribution in [3.05, 3.63) is 77.1 Å². The number of imide groups is 1. The summed E-state index contributed by atoms with van der Waals surface area (Å²) < 4.78 is 5.76. The molecule has 3 rings (SSSR count). The van der Waals surface area contributed by atoms with Crippen molar-refractivity contribution in [3.8, 4) is 5.75 Å². The second kappa shape index (κ2) is 6.08. The number of hydrogen-bond acceptors (Lipinski definition) is 3. The standard InChI is InChI=1S/C19H17NO3/c1-13-7-3-6-10-17(13)23-14(2)11-12-20-18(21)15-8-4-5-9-16(15)19(20)22/h3-11H,12H2,1-2H3/b14-11+. The van der Waals surface area contributed by atoms with Gasteiger partial charge in [0.1, 0.15) is 5.75 Å². The van der Waals surface area contributed by atoms with Gasteiger partial charge in [-0.2, -0.15) is 0 Å². The summed E-state index contributed by atoms with van der Waals surface area (Å²) >= 11 is 0. The van der Waals surface area contributed by atoms with Crippen LogP contribution in [0.4, 0.5) is 0 Å². The molecule has 0 aromatic heterocycles. The minimum Gasteiger partial charge on any atom is -0.462 e. The van der Waals surface area contributed by atoms with Crippen molar-refractivity contribution in [1.29, 1.82) is 0 Å². The van der Waals surface area contributed by atoms with Gasteiger partial charge in [-0.25, -0.2) is 0 Å². The van der Waals surface area contributed by atoms with Crippen molar-refractivity contribution in [1.82, 2.24) is 4.90 Å². The Morgan fingerprint density at radius 3 is 2.17 bits per heavy atom. The average molecular weight is 307 g/mol. The molecular weight excluding hydrogens is 290 g/mol. The zero-order valence-electron chi connectivity index (χ0n) is 13.1. The fourth-order valence-corrected chi connectivity index (χ4v) is 2.51. The van der Waals surface area contributed by atoms with E-state index in [2.05, 4.69) is 0 Å². The number of ether oxygens (including phenoxy) is 1. The lowest BCUT2D eigenvalue weighted by Crippen LogP contribution is -2.30. The van der Waals surface area contributed by atoms with Gasteiger partial charge in [0.05, 0.1) is 23.4 Å². The van der Waals surface area contributed by atoms with Crippen LogP contribution in [0.25, 0.3) is 0 Å². The van der Waals surface area contributed by atoms with E-state index in [4.69, 9.17) is 4.74 Å². The van der Waals surface area contributed by atoms with E-state index in [0.29, 0.717) is 16.9 Å². The molecule has 0 atom stereocenters. The van der Waals surface area contributed by atoms with Crippen LogP contribution in [0.5, 0.6) is 5.75 Å². The predicted molar refractivity (Wildman–Crippen MR) is 87.4 cm³/mol. The van der Waals surface area contributed by atoms with Crippen molar-refractivity contribution in [2.75, 3.05) is 6.54 Å². The third-order valence-corrected chi connectivity index (χ3v) is 3.80. The van der Waals surface area contributed by atoms with Crippen molar-refractivity contribution in [2.24, 2.45) is 0 Å². The van der Waals surface area contributed by atoms with Gasteiger partial charge in [0, 0.05) is 0 Å². The molecule has 0 N–H and O–H groups in total. The van der Waals surface area contributed by atoms with Crippen LogP contribution in [0.15, 0.2) is 60.4 Å². The summed E-state index contributed by atoms with van der Waals surface area (Å²) in [4.78, 5) is 25.8. The fraction of sp³-hybridized carbons (Fsp3) is 0.158. The highest BCUT2D eigenvalue weighted by molar-refractivity contribution is 6.21. The van der Waals surface area contributed by atoms with E-state index in [1.165, 1.54) is 4.90 Å². The SMILES string of the molecule is C/C(=C\CN1C(=O)c2ccccc2C1=O)Oc1ccccc1C. The molecule has 0 saturated heterocycles. The first-order valence-corrected chi connectivity index (χ1v) is 7.43. The molecule has 0 radical (unpaired) electrons.